The highest BCUT2D eigenvalue weighted by Crippen LogP contribution is 2.26. The Labute approximate surface area is 97.9 Å². The molecule has 0 aliphatic heterocycles. The third kappa shape index (κ3) is 1.99. The standard InChI is InChI=1S/C15H21N/c1-5-11(4)12-6-7-13-9-14(10(2)3)16-15(13)8-12/h6-11,16H,5H2,1-4H3. The van der Waals surface area contributed by atoms with Crippen LogP contribution in [-0.4, -0.2) is 4.98 Å². The molecule has 2 rings (SSSR count). The molecule has 2 aromatic rings. The van der Waals surface area contributed by atoms with Gasteiger partial charge < -0.3 is 4.98 Å². The number of hydrogen-bond donors (Lipinski definition) is 1. The van der Waals surface area contributed by atoms with E-state index in [9.17, 15) is 0 Å². The van der Waals surface area contributed by atoms with Gasteiger partial charge in [0.25, 0.3) is 0 Å². The van der Waals surface area contributed by atoms with Gasteiger partial charge in [0.15, 0.2) is 0 Å². The Morgan fingerprint density at radius 1 is 1.12 bits per heavy atom. The predicted molar refractivity (Wildman–Crippen MR) is 71.1 cm³/mol. The van der Waals surface area contributed by atoms with Crippen molar-refractivity contribution in [3.63, 3.8) is 0 Å². The smallest absolute Gasteiger partial charge is 0.0459 e. The molecule has 0 saturated carbocycles. The molecule has 1 nitrogen and oxygen atoms in total. The van der Waals surface area contributed by atoms with E-state index in [0.29, 0.717) is 11.8 Å². The summed E-state index contributed by atoms with van der Waals surface area (Å²) in [7, 11) is 0. The quantitative estimate of drug-likeness (QED) is 0.756. The highest BCUT2D eigenvalue weighted by Gasteiger charge is 2.07. The lowest BCUT2D eigenvalue weighted by Crippen LogP contribution is -1.90. The Balaban J connectivity index is 2.45. The maximum atomic E-state index is 3.51. The van der Waals surface area contributed by atoms with Gasteiger partial charge in [-0.1, -0.05) is 39.8 Å². The molecule has 0 aliphatic rings. The minimum atomic E-state index is 0.569. The zero-order chi connectivity index (χ0) is 11.7. The molecule has 0 aliphatic carbocycles. The highest BCUT2D eigenvalue weighted by atomic mass is 14.7. The van der Waals surface area contributed by atoms with Gasteiger partial charge in [0, 0.05) is 11.2 Å². The molecular formula is C15H21N. The lowest BCUT2D eigenvalue weighted by Gasteiger charge is -2.08. The molecule has 0 bridgehead atoms. The number of hydrogen-bond acceptors (Lipinski definition) is 0. The summed E-state index contributed by atoms with van der Waals surface area (Å²) in [5.74, 6) is 1.22. The van der Waals surface area contributed by atoms with E-state index in [2.05, 4.69) is 56.9 Å². The Morgan fingerprint density at radius 3 is 2.50 bits per heavy atom. The first-order valence-electron chi connectivity index (χ1n) is 6.24. The van der Waals surface area contributed by atoms with Crippen molar-refractivity contribution in [3.8, 4) is 0 Å². The third-order valence-electron chi connectivity index (χ3n) is 3.47. The summed E-state index contributed by atoms with van der Waals surface area (Å²) in [6.45, 7) is 8.97. The maximum Gasteiger partial charge on any atom is 0.0459 e. The molecule has 1 heteroatoms. The molecule has 0 fully saturated rings. The summed E-state index contributed by atoms with van der Waals surface area (Å²) in [5.41, 5.74) is 4.05. The van der Waals surface area contributed by atoms with E-state index < -0.39 is 0 Å². The minimum Gasteiger partial charge on any atom is -0.358 e. The molecular weight excluding hydrogens is 194 g/mol. The Morgan fingerprint density at radius 2 is 1.88 bits per heavy atom. The average molecular weight is 215 g/mol. The first-order chi connectivity index (χ1) is 7.61. The van der Waals surface area contributed by atoms with Gasteiger partial charge >= 0.3 is 0 Å². The molecule has 0 saturated heterocycles. The first-order valence-corrected chi connectivity index (χ1v) is 6.24. The van der Waals surface area contributed by atoms with Gasteiger partial charge in [0.1, 0.15) is 0 Å². The van der Waals surface area contributed by atoms with Crippen LogP contribution in [0.5, 0.6) is 0 Å². The Bertz CT molecular complexity index is 479. The van der Waals surface area contributed by atoms with Crippen molar-refractivity contribution in [2.24, 2.45) is 0 Å². The van der Waals surface area contributed by atoms with E-state index in [1.165, 1.54) is 28.6 Å². The lowest BCUT2D eigenvalue weighted by molar-refractivity contribution is 0.734. The van der Waals surface area contributed by atoms with Gasteiger partial charge in [0.2, 0.25) is 0 Å². The Hall–Kier alpha value is -1.24. The van der Waals surface area contributed by atoms with Gasteiger partial charge in [-0.25, -0.2) is 0 Å². The summed E-state index contributed by atoms with van der Waals surface area (Å²) in [6, 6.07) is 9.06. The summed E-state index contributed by atoms with van der Waals surface area (Å²) >= 11 is 0. The number of rotatable bonds is 3. The number of nitrogens with one attached hydrogen (secondary N) is 1. The van der Waals surface area contributed by atoms with Crippen LogP contribution in [0, 0.1) is 0 Å². The van der Waals surface area contributed by atoms with Crippen LogP contribution in [-0.2, 0) is 0 Å². The van der Waals surface area contributed by atoms with Crippen molar-refractivity contribution in [2.45, 2.75) is 46.0 Å². The van der Waals surface area contributed by atoms with Crippen molar-refractivity contribution in [1.82, 2.24) is 4.98 Å². The first kappa shape index (κ1) is 11.3. The van der Waals surface area contributed by atoms with Gasteiger partial charge in [-0.05, 0) is 41.3 Å². The summed E-state index contributed by atoms with van der Waals surface area (Å²) < 4.78 is 0. The molecule has 86 valence electrons. The van der Waals surface area contributed by atoms with Crippen LogP contribution in [0.3, 0.4) is 0 Å². The fourth-order valence-electron chi connectivity index (χ4n) is 2.02. The molecule has 0 amide bonds. The second-order valence-corrected chi connectivity index (χ2v) is 5.04. The van der Waals surface area contributed by atoms with Crippen LogP contribution < -0.4 is 0 Å². The van der Waals surface area contributed by atoms with Crippen molar-refractivity contribution < 1.29 is 0 Å². The van der Waals surface area contributed by atoms with Crippen molar-refractivity contribution in [3.05, 3.63) is 35.5 Å². The Kier molecular flexibility index (Phi) is 3.04. The van der Waals surface area contributed by atoms with Crippen molar-refractivity contribution >= 4 is 10.9 Å². The molecule has 0 radical (unpaired) electrons. The highest BCUT2D eigenvalue weighted by molar-refractivity contribution is 5.81. The maximum absolute atomic E-state index is 3.51. The summed E-state index contributed by atoms with van der Waals surface area (Å²) in [5, 5.41) is 1.33. The lowest BCUT2D eigenvalue weighted by atomic mass is 9.98. The molecule has 1 aromatic carbocycles. The van der Waals surface area contributed by atoms with Gasteiger partial charge in [0.05, 0.1) is 0 Å². The van der Waals surface area contributed by atoms with Gasteiger partial charge in [-0.15, -0.1) is 0 Å². The summed E-state index contributed by atoms with van der Waals surface area (Å²) in [4.78, 5) is 3.51. The molecule has 1 N–H and O–H groups in total. The normalized spacial score (nSPS) is 13.6. The van der Waals surface area contributed by atoms with Crippen molar-refractivity contribution in [2.75, 3.05) is 0 Å². The number of aromatic nitrogens is 1. The average Bonchev–Trinajstić information content (AvgIpc) is 2.70. The molecule has 0 spiro atoms. The van der Waals surface area contributed by atoms with Crippen LogP contribution >= 0.6 is 0 Å². The fourth-order valence-corrected chi connectivity index (χ4v) is 2.02. The van der Waals surface area contributed by atoms with E-state index in [1.807, 2.05) is 0 Å². The van der Waals surface area contributed by atoms with E-state index in [0.717, 1.165) is 0 Å². The van der Waals surface area contributed by atoms with Crippen LogP contribution in [0.2, 0.25) is 0 Å². The minimum absolute atomic E-state index is 0.569. The molecule has 1 aromatic heterocycles. The monoisotopic (exact) mass is 215 g/mol. The second-order valence-electron chi connectivity index (χ2n) is 5.04. The third-order valence-corrected chi connectivity index (χ3v) is 3.47. The number of H-pyrrole nitrogens is 1. The SMILES string of the molecule is CCC(C)c1ccc2cc(C(C)C)[nH]c2c1. The number of aromatic amines is 1. The molecule has 1 heterocycles. The van der Waals surface area contributed by atoms with Crippen LogP contribution in [0.1, 0.15) is 57.2 Å². The zero-order valence-corrected chi connectivity index (χ0v) is 10.7. The van der Waals surface area contributed by atoms with Gasteiger partial charge in [-0.2, -0.15) is 0 Å². The zero-order valence-electron chi connectivity index (χ0n) is 10.7. The second kappa shape index (κ2) is 4.32. The largest absolute Gasteiger partial charge is 0.358 e. The van der Waals surface area contributed by atoms with Crippen LogP contribution in [0.15, 0.2) is 24.3 Å². The van der Waals surface area contributed by atoms with Crippen LogP contribution in [0.25, 0.3) is 10.9 Å². The summed E-state index contributed by atoms with van der Waals surface area (Å²) in [6.07, 6.45) is 1.20. The van der Waals surface area contributed by atoms with E-state index in [-0.39, 0.29) is 0 Å². The molecule has 16 heavy (non-hydrogen) atoms. The predicted octanol–water partition coefficient (Wildman–Crippen LogP) is 4.80. The number of fused-ring (bicyclic) bond motifs is 1. The molecule has 1 unspecified atom stereocenters. The van der Waals surface area contributed by atoms with Crippen molar-refractivity contribution in [1.29, 1.82) is 0 Å². The topological polar surface area (TPSA) is 15.8 Å². The number of benzene rings is 1. The van der Waals surface area contributed by atoms with Gasteiger partial charge in [-0.3, -0.25) is 0 Å². The van der Waals surface area contributed by atoms with E-state index in [1.54, 1.807) is 0 Å². The molecule has 1 atom stereocenters. The van der Waals surface area contributed by atoms with E-state index in [4.69, 9.17) is 0 Å². The van der Waals surface area contributed by atoms with E-state index >= 15 is 0 Å². The fraction of sp³-hybridized carbons (Fsp3) is 0.467. The van der Waals surface area contributed by atoms with Crippen LogP contribution in [0.4, 0.5) is 0 Å².